The van der Waals surface area contributed by atoms with Gasteiger partial charge in [-0.05, 0) is 71.3 Å². The summed E-state index contributed by atoms with van der Waals surface area (Å²) in [5.74, 6) is -6.15. The molecule has 0 saturated carbocycles. The molecule has 0 radical (unpaired) electrons. The number of carbonyl (C=O) groups is 6. The van der Waals surface area contributed by atoms with Crippen molar-refractivity contribution in [1.82, 2.24) is 10.6 Å². The predicted octanol–water partition coefficient (Wildman–Crippen LogP) is 5.55. The first-order chi connectivity index (χ1) is 25.5. The van der Waals surface area contributed by atoms with Crippen molar-refractivity contribution in [1.29, 1.82) is 0 Å². The lowest BCUT2D eigenvalue weighted by molar-refractivity contribution is -0.148. The van der Waals surface area contributed by atoms with Crippen molar-refractivity contribution in [3.63, 3.8) is 0 Å². The molecule has 272 valence electrons. The molecule has 5 N–H and O–H groups in total. The highest BCUT2D eigenvalue weighted by Gasteiger charge is 2.30. The highest BCUT2D eigenvalue weighted by molar-refractivity contribution is 6.40. The topological polar surface area (TPSA) is 200 Å². The minimum absolute atomic E-state index is 0.0519. The monoisotopic (exact) mass is 719 g/mol. The molecule has 0 heterocycles. The van der Waals surface area contributed by atoms with E-state index in [1.54, 1.807) is 42.5 Å². The molecule has 0 unspecified atom stereocenters. The Bertz CT molecular complexity index is 2220. The molecule has 0 bridgehead atoms. The van der Waals surface area contributed by atoms with E-state index in [-0.39, 0.29) is 41.3 Å². The van der Waals surface area contributed by atoms with Gasteiger partial charge in [0.2, 0.25) is 11.8 Å². The van der Waals surface area contributed by atoms with Crippen molar-refractivity contribution < 1.29 is 48.8 Å². The van der Waals surface area contributed by atoms with Crippen LogP contribution in [-0.4, -0.2) is 70.1 Å². The first-order valence-corrected chi connectivity index (χ1v) is 16.8. The third kappa shape index (κ3) is 8.95. The fourth-order valence-electron chi connectivity index (χ4n) is 6.11. The molecule has 3 amide bonds. The zero-order valence-corrected chi connectivity index (χ0v) is 28.7. The zero-order valence-electron chi connectivity index (χ0n) is 28.7. The largest absolute Gasteiger partial charge is 0.493 e. The molecule has 5 aromatic carbocycles. The molecular weight excluding hydrogens is 682 g/mol. The number of para-hydroxylation sites is 1. The summed E-state index contributed by atoms with van der Waals surface area (Å²) in [6, 6.07) is 25.2. The summed E-state index contributed by atoms with van der Waals surface area (Å²) in [7, 11) is 0. The van der Waals surface area contributed by atoms with Crippen molar-refractivity contribution >= 4 is 68.5 Å². The molecule has 5 rings (SSSR count). The van der Waals surface area contributed by atoms with Gasteiger partial charge < -0.3 is 30.7 Å². The van der Waals surface area contributed by atoms with E-state index in [9.17, 15) is 44.1 Å². The predicted molar refractivity (Wildman–Crippen MR) is 197 cm³/mol. The SMILES string of the molecule is CC(=O)N[C@H](Cc1ccc(N(C(=O)C(=O)O)c2ccccc2C(=O)O)c2ccccc12)C(=O)NCCCCCOc1cc2ccccc2cc1C(=O)O. The van der Waals surface area contributed by atoms with Gasteiger partial charge in [-0.25, -0.2) is 14.4 Å². The third-order valence-electron chi connectivity index (χ3n) is 8.57. The normalized spacial score (nSPS) is 11.4. The number of carboxylic acid groups (broad SMARTS) is 3. The van der Waals surface area contributed by atoms with Crippen molar-refractivity contribution in [3.05, 3.63) is 114 Å². The summed E-state index contributed by atoms with van der Waals surface area (Å²) >= 11 is 0. The minimum Gasteiger partial charge on any atom is -0.493 e. The van der Waals surface area contributed by atoms with Crippen molar-refractivity contribution in [2.45, 2.75) is 38.6 Å². The number of hydrogen-bond donors (Lipinski definition) is 5. The van der Waals surface area contributed by atoms with Crippen LogP contribution >= 0.6 is 0 Å². The van der Waals surface area contributed by atoms with Gasteiger partial charge in [0, 0.05) is 25.3 Å². The Morgan fingerprint density at radius 2 is 1.34 bits per heavy atom. The third-order valence-corrected chi connectivity index (χ3v) is 8.57. The number of rotatable bonds is 15. The van der Waals surface area contributed by atoms with Crippen molar-refractivity contribution in [3.8, 4) is 5.75 Å². The number of hydrogen-bond acceptors (Lipinski definition) is 7. The number of fused-ring (bicyclic) bond motifs is 2. The number of carboxylic acids is 3. The number of unbranched alkanes of at least 4 members (excludes halogenated alkanes) is 2. The van der Waals surface area contributed by atoms with Gasteiger partial charge in [0.05, 0.1) is 23.5 Å². The van der Waals surface area contributed by atoms with E-state index in [1.807, 2.05) is 24.3 Å². The molecule has 0 aliphatic rings. The van der Waals surface area contributed by atoms with E-state index in [2.05, 4.69) is 10.6 Å². The number of ether oxygens (including phenoxy) is 1. The van der Waals surface area contributed by atoms with Crippen LogP contribution in [0.2, 0.25) is 0 Å². The Labute approximate surface area is 303 Å². The molecule has 53 heavy (non-hydrogen) atoms. The Hall–Kier alpha value is -6.76. The van der Waals surface area contributed by atoms with Gasteiger partial charge in [-0.15, -0.1) is 0 Å². The summed E-state index contributed by atoms with van der Waals surface area (Å²) in [5, 5.41) is 37.3. The van der Waals surface area contributed by atoms with Crippen molar-refractivity contribution in [2.24, 2.45) is 0 Å². The van der Waals surface area contributed by atoms with Gasteiger partial charge in [-0.2, -0.15) is 0 Å². The van der Waals surface area contributed by atoms with Crippen LogP contribution in [-0.2, 0) is 25.6 Å². The maximum atomic E-state index is 13.3. The number of carbonyl (C=O) groups excluding carboxylic acids is 3. The lowest BCUT2D eigenvalue weighted by Crippen LogP contribution is -2.47. The smallest absolute Gasteiger partial charge is 0.395 e. The molecule has 0 fully saturated rings. The summed E-state index contributed by atoms with van der Waals surface area (Å²) in [5.41, 5.74) is 0.402. The van der Waals surface area contributed by atoms with Crippen LogP contribution in [0.25, 0.3) is 21.5 Å². The average Bonchev–Trinajstić information content (AvgIpc) is 3.14. The second kappa shape index (κ2) is 17.0. The molecule has 0 saturated heterocycles. The lowest BCUT2D eigenvalue weighted by Gasteiger charge is -2.25. The second-order valence-corrected chi connectivity index (χ2v) is 12.2. The molecule has 13 heteroatoms. The Kier molecular flexibility index (Phi) is 12.0. The van der Waals surface area contributed by atoms with Crippen LogP contribution in [0.3, 0.4) is 0 Å². The average molecular weight is 720 g/mol. The van der Waals surface area contributed by atoms with Gasteiger partial charge in [-0.1, -0.05) is 66.7 Å². The van der Waals surface area contributed by atoms with E-state index < -0.39 is 41.7 Å². The lowest BCUT2D eigenvalue weighted by atomic mass is 9.96. The first-order valence-electron chi connectivity index (χ1n) is 16.8. The maximum Gasteiger partial charge on any atom is 0.395 e. The Morgan fingerprint density at radius 1 is 0.698 bits per heavy atom. The van der Waals surface area contributed by atoms with Crippen molar-refractivity contribution in [2.75, 3.05) is 18.1 Å². The molecule has 0 spiro atoms. The van der Waals surface area contributed by atoms with Crippen LogP contribution in [0.1, 0.15) is 52.5 Å². The summed E-state index contributed by atoms with van der Waals surface area (Å²) in [6.07, 6.45) is 1.92. The van der Waals surface area contributed by atoms with Crippen LogP contribution in [0.4, 0.5) is 11.4 Å². The van der Waals surface area contributed by atoms with E-state index in [1.165, 1.54) is 37.3 Å². The minimum atomic E-state index is -1.79. The van der Waals surface area contributed by atoms with Crippen LogP contribution in [0.5, 0.6) is 5.75 Å². The Balaban J connectivity index is 1.26. The summed E-state index contributed by atoms with van der Waals surface area (Å²) in [6.45, 7) is 1.88. The zero-order chi connectivity index (χ0) is 38.1. The van der Waals surface area contributed by atoms with Crippen LogP contribution in [0, 0.1) is 0 Å². The number of nitrogens with zero attached hydrogens (tertiary/aromatic N) is 1. The quantitative estimate of drug-likeness (QED) is 0.0675. The number of nitrogens with one attached hydrogen (secondary N) is 2. The van der Waals surface area contributed by atoms with E-state index in [4.69, 9.17) is 4.74 Å². The maximum absolute atomic E-state index is 13.3. The molecule has 0 aliphatic carbocycles. The second-order valence-electron chi connectivity index (χ2n) is 12.2. The van der Waals surface area contributed by atoms with E-state index in [0.717, 1.165) is 15.7 Å². The van der Waals surface area contributed by atoms with Gasteiger partial charge in [-0.3, -0.25) is 19.3 Å². The highest BCUT2D eigenvalue weighted by Crippen LogP contribution is 2.36. The molecule has 5 aromatic rings. The summed E-state index contributed by atoms with van der Waals surface area (Å²) in [4.78, 5) is 75.2. The number of aliphatic carboxylic acids is 1. The number of aromatic carboxylic acids is 2. The molecular formula is C40H37N3O10. The number of benzene rings is 5. The Morgan fingerprint density at radius 3 is 2.02 bits per heavy atom. The van der Waals surface area contributed by atoms with Gasteiger partial charge >= 0.3 is 23.8 Å². The molecule has 0 aromatic heterocycles. The standard InChI is InChI=1S/C40H37N3O10/c1-24(44)42-32(36(45)41-19-9-2-10-20-53-35-23-26-12-4-3-11-25(26)21-31(35)39(49)50)22-27-17-18-34(29-14-6-5-13-28(27)29)43(37(46)40(51)52)33-16-8-7-15-30(33)38(47)48/h3-8,11-18,21,23,32H,2,9-10,19-20,22H2,1H3,(H,41,45)(H,42,44)(H,47,48)(H,49,50)(H,51,52)/t32-/m1/s1. The van der Waals surface area contributed by atoms with Gasteiger partial charge in [0.25, 0.3) is 0 Å². The molecule has 1 atom stereocenters. The van der Waals surface area contributed by atoms with E-state index >= 15 is 0 Å². The fourth-order valence-corrected chi connectivity index (χ4v) is 6.11. The van der Waals surface area contributed by atoms with Gasteiger partial charge in [0.15, 0.2) is 0 Å². The number of amides is 3. The molecule has 13 nitrogen and oxygen atoms in total. The van der Waals surface area contributed by atoms with Crippen LogP contribution in [0.15, 0.2) is 97.1 Å². The fraction of sp³-hybridized carbons (Fsp3) is 0.200. The van der Waals surface area contributed by atoms with Crippen LogP contribution < -0.4 is 20.3 Å². The first kappa shape index (κ1) is 37.5. The van der Waals surface area contributed by atoms with E-state index in [0.29, 0.717) is 42.1 Å². The highest BCUT2D eigenvalue weighted by atomic mass is 16.5. The van der Waals surface area contributed by atoms with Gasteiger partial charge in [0.1, 0.15) is 17.4 Å². The molecule has 0 aliphatic heterocycles. The number of anilines is 2. The summed E-state index contributed by atoms with van der Waals surface area (Å²) < 4.78 is 5.81.